The molecule has 112 valence electrons. The van der Waals surface area contributed by atoms with E-state index < -0.39 is 0 Å². The van der Waals surface area contributed by atoms with Crippen LogP contribution in [0.2, 0.25) is 0 Å². The molecule has 1 saturated carbocycles. The molecule has 19 heavy (non-hydrogen) atoms. The van der Waals surface area contributed by atoms with E-state index in [-0.39, 0.29) is 0 Å². The fourth-order valence-corrected chi connectivity index (χ4v) is 4.15. The molecule has 1 heterocycles. The van der Waals surface area contributed by atoms with Gasteiger partial charge in [-0.25, -0.2) is 0 Å². The number of likely N-dealkylation sites (N-methyl/N-ethyl adjacent to an activating group) is 1. The van der Waals surface area contributed by atoms with E-state index in [0.29, 0.717) is 5.54 Å². The monoisotopic (exact) mass is 267 g/mol. The van der Waals surface area contributed by atoms with Crippen LogP contribution in [0.3, 0.4) is 0 Å². The van der Waals surface area contributed by atoms with Gasteiger partial charge in [-0.3, -0.25) is 9.80 Å². The van der Waals surface area contributed by atoms with Crippen molar-refractivity contribution in [2.75, 3.05) is 32.7 Å². The molecule has 1 atom stereocenters. The van der Waals surface area contributed by atoms with E-state index in [1.807, 2.05) is 0 Å². The third-order valence-corrected chi connectivity index (χ3v) is 5.77. The van der Waals surface area contributed by atoms with E-state index in [0.717, 1.165) is 24.4 Å². The van der Waals surface area contributed by atoms with Crippen LogP contribution in [0.5, 0.6) is 0 Å². The van der Waals surface area contributed by atoms with Crippen LogP contribution in [0.15, 0.2) is 0 Å². The minimum Gasteiger partial charge on any atom is -0.329 e. The first-order chi connectivity index (χ1) is 9.06. The van der Waals surface area contributed by atoms with Crippen LogP contribution in [0.4, 0.5) is 0 Å². The lowest BCUT2D eigenvalue weighted by molar-refractivity contribution is -0.0249. The summed E-state index contributed by atoms with van der Waals surface area (Å²) in [6.07, 6.45) is 3.98. The van der Waals surface area contributed by atoms with Gasteiger partial charge in [0.1, 0.15) is 0 Å². The van der Waals surface area contributed by atoms with Crippen molar-refractivity contribution in [1.82, 2.24) is 9.80 Å². The maximum atomic E-state index is 6.14. The Labute approximate surface area is 119 Å². The van der Waals surface area contributed by atoms with Crippen LogP contribution in [0.1, 0.15) is 47.0 Å². The first kappa shape index (κ1) is 15.3. The number of rotatable bonds is 6. The highest BCUT2D eigenvalue weighted by atomic mass is 15.3. The third kappa shape index (κ3) is 2.84. The van der Waals surface area contributed by atoms with Crippen LogP contribution in [0.25, 0.3) is 0 Å². The maximum absolute atomic E-state index is 6.14. The maximum Gasteiger partial charge on any atom is 0.0337 e. The van der Waals surface area contributed by atoms with Crippen molar-refractivity contribution in [3.05, 3.63) is 0 Å². The minimum absolute atomic E-state index is 0.344. The van der Waals surface area contributed by atoms with Crippen LogP contribution in [0, 0.1) is 11.8 Å². The molecule has 0 aromatic rings. The number of likely N-dealkylation sites (tertiary alicyclic amines) is 1. The highest BCUT2D eigenvalue weighted by molar-refractivity contribution is 5.06. The summed E-state index contributed by atoms with van der Waals surface area (Å²) >= 11 is 0. The molecule has 1 unspecified atom stereocenters. The lowest BCUT2D eigenvalue weighted by atomic mass is 9.63. The molecule has 0 aromatic heterocycles. The fraction of sp³-hybridized carbons (Fsp3) is 1.00. The van der Waals surface area contributed by atoms with Crippen LogP contribution >= 0.6 is 0 Å². The molecule has 1 aliphatic carbocycles. The quantitative estimate of drug-likeness (QED) is 0.800. The van der Waals surface area contributed by atoms with E-state index >= 15 is 0 Å². The Hall–Kier alpha value is -0.120. The molecule has 0 amide bonds. The van der Waals surface area contributed by atoms with Gasteiger partial charge in [0.2, 0.25) is 0 Å². The molecular weight excluding hydrogens is 234 g/mol. The molecule has 2 aliphatic rings. The van der Waals surface area contributed by atoms with E-state index in [1.54, 1.807) is 0 Å². The van der Waals surface area contributed by atoms with E-state index in [2.05, 4.69) is 37.5 Å². The average Bonchev–Trinajstić information content (AvgIpc) is 2.80. The largest absolute Gasteiger partial charge is 0.329 e. The Bertz CT molecular complexity index is 280. The predicted octanol–water partition coefficient (Wildman–Crippen LogP) is 2.17. The van der Waals surface area contributed by atoms with Crippen LogP contribution in [-0.2, 0) is 0 Å². The van der Waals surface area contributed by atoms with Crippen molar-refractivity contribution < 1.29 is 0 Å². The van der Waals surface area contributed by atoms with Crippen molar-refractivity contribution in [2.24, 2.45) is 17.6 Å². The first-order valence-electron chi connectivity index (χ1n) is 8.25. The summed E-state index contributed by atoms with van der Waals surface area (Å²) in [7, 11) is 0. The van der Waals surface area contributed by atoms with Crippen molar-refractivity contribution in [3.8, 4) is 0 Å². The Morgan fingerprint density at radius 3 is 2.37 bits per heavy atom. The molecule has 0 spiro atoms. The molecule has 2 rings (SSSR count). The van der Waals surface area contributed by atoms with Gasteiger partial charge < -0.3 is 5.73 Å². The first-order valence-corrected chi connectivity index (χ1v) is 8.25. The highest BCUT2D eigenvalue weighted by Gasteiger charge is 2.50. The lowest BCUT2D eigenvalue weighted by Gasteiger charge is -2.54. The second-order valence-electron chi connectivity index (χ2n) is 6.95. The second kappa shape index (κ2) is 6.11. The molecule has 2 N–H and O–H groups in total. The summed E-state index contributed by atoms with van der Waals surface area (Å²) in [6.45, 7) is 15.0. The Kier molecular flexibility index (Phi) is 4.91. The van der Waals surface area contributed by atoms with Crippen LogP contribution in [-0.4, -0.2) is 54.1 Å². The van der Waals surface area contributed by atoms with Crippen LogP contribution < -0.4 is 5.73 Å². The van der Waals surface area contributed by atoms with Crippen molar-refractivity contribution in [1.29, 1.82) is 0 Å². The van der Waals surface area contributed by atoms with Gasteiger partial charge in [0.25, 0.3) is 0 Å². The van der Waals surface area contributed by atoms with E-state index in [4.69, 9.17) is 5.73 Å². The summed E-state index contributed by atoms with van der Waals surface area (Å²) in [5.41, 5.74) is 6.49. The molecule has 0 bridgehead atoms. The number of hydrogen-bond donors (Lipinski definition) is 1. The van der Waals surface area contributed by atoms with Gasteiger partial charge in [-0.05, 0) is 44.2 Å². The van der Waals surface area contributed by atoms with Gasteiger partial charge >= 0.3 is 0 Å². The van der Waals surface area contributed by atoms with Crippen molar-refractivity contribution in [2.45, 2.75) is 58.5 Å². The van der Waals surface area contributed by atoms with Gasteiger partial charge in [-0.2, -0.15) is 0 Å². The lowest BCUT2D eigenvalue weighted by Crippen LogP contribution is -2.62. The molecule has 3 nitrogen and oxygen atoms in total. The zero-order chi connectivity index (χ0) is 14.0. The smallest absolute Gasteiger partial charge is 0.0337 e. The fourth-order valence-electron chi connectivity index (χ4n) is 4.15. The van der Waals surface area contributed by atoms with Crippen molar-refractivity contribution in [3.63, 3.8) is 0 Å². The SMILES string of the molecule is CCN(CC)C1CCN(C2(CN)CC(C(C)C)C2)C1. The van der Waals surface area contributed by atoms with Gasteiger partial charge in [-0.15, -0.1) is 0 Å². The van der Waals surface area contributed by atoms with Gasteiger partial charge in [0.05, 0.1) is 0 Å². The highest BCUT2D eigenvalue weighted by Crippen LogP contribution is 2.46. The summed E-state index contributed by atoms with van der Waals surface area (Å²) < 4.78 is 0. The standard InChI is InChI=1S/C16H33N3/c1-5-18(6-2)15-7-8-19(11-15)16(12-17)9-14(10-16)13(3)4/h13-15H,5-12,17H2,1-4H3. The molecule has 1 aliphatic heterocycles. The zero-order valence-corrected chi connectivity index (χ0v) is 13.4. The number of nitrogens with zero attached hydrogens (tertiary/aromatic N) is 2. The molecule has 2 fully saturated rings. The normalized spacial score (nSPS) is 36.2. The van der Waals surface area contributed by atoms with Gasteiger partial charge in [0.15, 0.2) is 0 Å². The van der Waals surface area contributed by atoms with Gasteiger partial charge in [0, 0.05) is 31.2 Å². The van der Waals surface area contributed by atoms with E-state index in [1.165, 1.54) is 45.4 Å². The van der Waals surface area contributed by atoms with Crippen molar-refractivity contribution >= 4 is 0 Å². The number of nitrogens with two attached hydrogens (primary N) is 1. The van der Waals surface area contributed by atoms with Gasteiger partial charge in [-0.1, -0.05) is 27.7 Å². The third-order valence-electron chi connectivity index (χ3n) is 5.77. The Morgan fingerprint density at radius 2 is 1.89 bits per heavy atom. The molecule has 0 radical (unpaired) electrons. The molecule has 1 saturated heterocycles. The summed E-state index contributed by atoms with van der Waals surface area (Å²) in [4.78, 5) is 5.33. The summed E-state index contributed by atoms with van der Waals surface area (Å²) in [6, 6.07) is 0.761. The summed E-state index contributed by atoms with van der Waals surface area (Å²) in [5, 5.41) is 0. The molecule has 0 aromatic carbocycles. The average molecular weight is 267 g/mol. The summed E-state index contributed by atoms with van der Waals surface area (Å²) in [5.74, 6) is 1.72. The Balaban J connectivity index is 1.92. The second-order valence-corrected chi connectivity index (χ2v) is 6.95. The molecular formula is C16H33N3. The van der Waals surface area contributed by atoms with E-state index in [9.17, 15) is 0 Å². The minimum atomic E-state index is 0.344. The Morgan fingerprint density at radius 1 is 1.26 bits per heavy atom. The number of hydrogen-bond acceptors (Lipinski definition) is 3. The molecule has 3 heteroatoms. The topological polar surface area (TPSA) is 32.5 Å². The predicted molar refractivity (Wildman–Crippen MR) is 82.2 cm³/mol. The zero-order valence-electron chi connectivity index (χ0n) is 13.4.